The molecular weight excluding hydrogens is 558 g/mol. The number of benzene rings is 3. The molecule has 4 rings (SSSR count). The number of anilines is 1. The van der Waals surface area contributed by atoms with Crippen molar-refractivity contribution in [2.24, 2.45) is 5.92 Å². The molecule has 0 aliphatic carbocycles. The zero-order valence-corrected chi connectivity index (χ0v) is 24.7. The number of carbonyl (C=O) groups is 2. The molecule has 0 spiro atoms. The number of para-hydroxylation sites is 1. The summed E-state index contributed by atoms with van der Waals surface area (Å²) in [5, 5.41) is 14.3. The summed E-state index contributed by atoms with van der Waals surface area (Å²) in [5.74, 6) is -0.222. The third kappa shape index (κ3) is 7.67. The molecule has 0 saturated carbocycles. The van der Waals surface area contributed by atoms with E-state index < -0.39 is 40.3 Å². The molecule has 0 aromatic heterocycles. The van der Waals surface area contributed by atoms with Crippen LogP contribution in [0.15, 0.2) is 89.8 Å². The van der Waals surface area contributed by atoms with E-state index in [2.05, 4.69) is 5.32 Å². The van der Waals surface area contributed by atoms with Gasteiger partial charge in [0.05, 0.1) is 30.7 Å². The summed E-state index contributed by atoms with van der Waals surface area (Å²) >= 11 is 0. The average Bonchev–Trinajstić information content (AvgIpc) is 3.38. The van der Waals surface area contributed by atoms with Crippen LogP contribution in [-0.4, -0.2) is 74.8 Å². The van der Waals surface area contributed by atoms with Gasteiger partial charge in [0.1, 0.15) is 5.75 Å². The van der Waals surface area contributed by atoms with Crippen LogP contribution in [0.2, 0.25) is 0 Å². The van der Waals surface area contributed by atoms with E-state index in [1.807, 2.05) is 50.2 Å². The first kappa shape index (κ1) is 31.0. The second kappa shape index (κ2) is 13.8. The number of aliphatic hydroxyl groups excluding tert-OH is 1. The van der Waals surface area contributed by atoms with Crippen molar-refractivity contribution in [1.29, 1.82) is 0 Å². The van der Waals surface area contributed by atoms with Crippen molar-refractivity contribution in [1.82, 2.24) is 9.62 Å². The number of sulfonamides is 1. The highest BCUT2D eigenvalue weighted by atomic mass is 32.2. The van der Waals surface area contributed by atoms with E-state index in [0.29, 0.717) is 11.4 Å². The number of nitrogens with one attached hydrogen (secondary N) is 1. The van der Waals surface area contributed by atoms with Crippen molar-refractivity contribution in [2.75, 3.05) is 31.6 Å². The fraction of sp³-hybridized carbons (Fsp3) is 0.355. The molecule has 0 radical (unpaired) electrons. The molecule has 3 atom stereocenters. The lowest BCUT2D eigenvalue weighted by atomic mass is 10.0. The quantitative estimate of drug-likeness (QED) is 0.310. The SMILES string of the molecule is COc1cccc(S(=O)(=O)N(CC(C)C)C[C@@H](O)[C@H](Cc2ccccc2)NC(=O)[C@@H]2CN(c3ccccc3)C(=O)O2)c1. The Morgan fingerprint density at radius 3 is 2.36 bits per heavy atom. The van der Waals surface area contributed by atoms with Gasteiger partial charge in [0.15, 0.2) is 6.10 Å². The van der Waals surface area contributed by atoms with Crippen molar-refractivity contribution >= 4 is 27.7 Å². The Balaban J connectivity index is 1.55. The van der Waals surface area contributed by atoms with E-state index in [4.69, 9.17) is 9.47 Å². The number of amides is 2. The fourth-order valence-corrected chi connectivity index (χ4v) is 6.43. The van der Waals surface area contributed by atoms with Gasteiger partial charge in [-0.05, 0) is 42.2 Å². The summed E-state index contributed by atoms with van der Waals surface area (Å²) in [6, 6.07) is 23.4. The summed E-state index contributed by atoms with van der Waals surface area (Å²) in [7, 11) is -2.56. The molecule has 10 nitrogen and oxygen atoms in total. The number of cyclic esters (lactones) is 1. The minimum Gasteiger partial charge on any atom is -0.497 e. The summed E-state index contributed by atoms with van der Waals surface area (Å²) in [6.07, 6.45) is -2.80. The topological polar surface area (TPSA) is 125 Å². The van der Waals surface area contributed by atoms with Crippen LogP contribution < -0.4 is 15.0 Å². The highest BCUT2D eigenvalue weighted by Gasteiger charge is 2.39. The van der Waals surface area contributed by atoms with E-state index in [-0.39, 0.29) is 36.9 Å². The molecule has 224 valence electrons. The second-order valence-corrected chi connectivity index (χ2v) is 12.5. The largest absolute Gasteiger partial charge is 0.497 e. The van der Waals surface area contributed by atoms with Crippen LogP contribution in [0, 0.1) is 5.92 Å². The molecule has 1 aliphatic heterocycles. The Morgan fingerprint density at radius 2 is 1.71 bits per heavy atom. The van der Waals surface area contributed by atoms with Crippen LogP contribution in [0.25, 0.3) is 0 Å². The second-order valence-electron chi connectivity index (χ2n) is 10.6. The predicted molar refractivity (Wildman–Crippen MR) is 159 cm³/mol. The lowest BCUT2D eigenvalue weighted by molar-refractivity contribution is -0.129. The van der Waals surface area contributed by atoms with Crippen molar-refractivity contribution in [3.8, 4) is 5.75 Å². The molecule has 3 aromatic rings. The first-order valence-electron chi connectivity index (χ1n) is 13.8. The number of nitrogens with zero attached hydrogens (tertiary/aromatic N) is 2. The number of aliphatic hydroxyl groups is 1. The van der Waals surface area contributed by atoms with Gasteiger partial charge >= 0.3 is 6.09 Å². The van der Waals surface area contributed by atoms with Crippen molar-refractivity contribution in [3.63, 3.8) is 0 Å². The summed E-state index contributed by atoms with van der Waals surface area (Å²) < 4.78 is 39.2. The van der Waals surface area contributed by atoms with E-state index in [0.717, 1.165) is 5.56 Å². The Bertz CT molecular complexity index is 1450. The number of methoxy groups -OCH3 is 1. The third-order valence-electron chi connectivity index (χ3n) is 6.90. The van der Waals surface area contributed by atoms with Crippen LogP contribution in [0.3, 0.4) is 0 Å². The molecule has 1 aliphatic rings. The fourth-order valence-electron chi connectivity index (χ4n) is 4.77. The van der Waals surface area contributed by atoms with Gasteiger partial charge in [-0.25, -0.2) is 13.2 Å². The number of rotatable bonds is 13. The highest BCUT2D eigenvalue weighted by molar-refractivity contribution is 7.89. The van der Waals surface area contributed by atoms with E-state index in [1.54, 1.807) is 36.4 Å². The van der Waals surface area contributed by atoms with Gasteiger partial charge in [0.25, 0.3) is 5.91 Å². The summed E-state index contributed by atoms with van der Waals surface area (Å²) in [5.41, 5.74) is 1.44. The lowest BCUT2D eigenvalue weighted by Gasteiger charge is -2.31. The zero-order valence-electron chi connectivity index (χ0n) is 23.9. The molecule has 2 N–H and O–H groups in total. The van der Waals surface area contributed by atoms with Gasteiger partial charge in [-0.1, -0.05) is 68.4 Å². The Kier molecular flexibility index (Phi) is 10.2. The summed E-state index contributed by atoms with van der Waals surface area (Å²) in [6.45, 7) is 3.66. The third-order valence-corrected chi connectivity index (χ3v) is 8.73. The molecule has 3 aromatic carbocycles. The van der Waals surface area contributed by atoms with Crippen LogP contribution >= 0.6 is 0 Å². The maximum atomic E-state index is 13.7. The number of hydrogen-bond donors (Lipinski definition) is 2. The highest BCUT2D eigenvalue weighted by Crippen LogP contribution is 2.24. The molecule has 42 heavy (non-hydrogen) atoms. The molecule has 0 unspecified atom stereocenters. The van der Waals surface area contributed by atoms with Crippen LogP contribution in [0.4, 0.5) is 10.5 Å². The minimum absolute atomic E-state index is 0.00647. The monoisotopic (exact) mass is 595 g/mol. The van der Waals surface area contributed by atoms with Crippen LogP contribution in [0.5, 0.6) is 5.75 Å². The van der Waals surface area contributed by atoms with Crippen LogP contribution in [-0.2, 0) is 26.0 Å². The standard InChI is InChI=1S/C31H37N3O7S/c1-22(2)19-33(42(38,39)26-16-10-15-25(18-26)40-3)20-28(35)27(17-23-11-6-4-7-12-23)32-30(36)29-21-34(31(37)41-29)24-13-8-5-9-14-24/h4-16,18,22,27-29,35H,17,19-21H2,1-3H3,(H,32,36)/t27-,28+,29-/m0/s1. The van der Waals surface area contributed by atoms with Crippen molar-refractivity contribution < 1.29 is 32.6 Å². The van der Waals surface area contributed by atoms with E-state index >= 15 is 0 Å². The normalized spacial score (nSPS) is 16.8. The summed E-state index contributed by atoms with van der Waals surface area (Å²) in [4.78, 5) is 27.3. The first-order chi connectivity index (χ1) is 20.1. The Hall–Kier alpha value is -3.93. The first-order valence-corrected chi connectivity index (χ1v) is 15.2. The zero-order chi connectivity index (χ0) is 30.3. The molecule has 11 heteroatoms. The van der Waals surface area contributed by atoms with Crippen molar-refractivity contribution in [3.05, 3.63) is 90.5 Å². The molecule has 2 amide bonds. The maximum absolute atomic E-state index is 13.7. The molecular formula is C31H37N3O7S. The Labute approximate surface area is 246 Å². The lowest BCUT2D eigenvalue weighted by Crippen LogP contribution is -2.53. The van der Waals surface area contributed by atoms with E-state index in [9.17, 15) is 23.1 Å². The number of ether oxygens (including phenoxy) is 2. The Morgan fingerprint density at radius 1 is 1.05 bits per heavy atom. The minimum atomic E-state index is -4.01. The van der Waals surface area contributed by atoms with E-state index in [1.165, 1.54) is 28.4 Å². The van der Waals surface area contributed by atoms with Crippen molar-refractivity contribution in [2.45, 2.75) is 43.4 Å². The number of hydrogen-bond acceptors (Lipinski definition) is 7. The van der Waals surface area contributed by atoms with Crippen LogP contribution in [0.1, 0.15) is 19.4 Å². The average molecular weight is 596 g/mol. The van der Waals surface area contributed by atoms with Gasteiger partial charge < -0.3 is 19.9 Å². The molecule has 1 saturated heterocycles. The number of carbonyl (C=O) groups excluding carboxylic acids is 2. The molecule has 1 heterocycles. The van der Waals surface area contributed by atoms with Gasteiger partial charge in [0, 0.05) is 24.8 Å². The predicted octanol–water partition coefficient (Wildman–Crippen LogP) is 3.46. The molecule has 1 fully saturated rings. The molecule has 0 bridgehead atoms. The van der Waals surface area contributed by atoms with Gasteiger partial charge in [0.2, 0.25) is 10.0 Å². The van der Waals surface area contributed by atoms with Gasteiger partial charge in [-0.2, -0.15) is 4.31 Å². The smallest absolute Gasteiger partial charge is 0.415 e. The van der Waals surface area contributed by atoms with Gasteiger partial charge in [-0.15, -0.1) is 0 Å². The van der Waals surface area contributed by atoms with Gasteiger partial charge in [-0.3, -0.25) is 9.69 Å². The maximum Gasteiger partial charge on any atom is 0.415 e.